The van der Waals surface area contributed by atoms with Gasteiger partial charge in [0.1, 0.15) is 0 Å². The largest absolute Gasteiger partial charge is 0.310 e. The average molecular weight is 128 g/mol. The summed E-state index contributed by atoms with van der Waals surface area (Å²) in [6.45, 7) is 9.24. The van der Waals surface area contributed by atoms with Crippen LogP contribution in [-0.4, -0.2) is 12.3 Å². The highest BCUT2D eigenvalue weighted by Crippen LogP contribution is 1.86. The SMILES string of the molecule is CC(C)=NNCC(C)C. The third kappa shape index (κ3) is 7.47. The van der Waals surface area contributed by atoms with Crippen molar-refractivity contribution < 1.29 is 0 Å². The number of rotatable bonds is 3. The van der Waals surface area contributed by atoms with E-state index < -0.39 is 0 Å². The molecule has 0 saturated heterocycles. The molecule has 0 aliphatic rings. The molecule has 0 aliphatic heterocycles. The van der Waals surface area contributed by atoms with E-state index in [2.05, 4.69) is 24.4 Å². The van der Waals surface area contributed by atoms with Gasteiger partial charge >= 0.3 is 0 Å². The summed E-state index contributed by atoms with van der Waals surface area (Å²) in [7, 11) is 0. The van der Waals surface area contributed by atoms with Crippen LogP contribution in [0.15, 0.2) is 5.10 Å². The number of hydrazone groups is 1. The van der Waals surface area contributed by atoms with E-state index in [1.807, 2.05) is 13.8 Å². The Balaban J connectivity index is 3.20. The first-order chi connectivity index (χ1) is 4.13. The first kappa shape index (κ1) is 8.47. The van der Waals surface area contributed by atoms with Gasteiger partial charge in [-0.1, -0.05) is 13.8 Å². The van der Waals surface area contributed by atoms with E-state index in [0.717, 1.165) is 12.3 Å². The predicted octanol–water partition coefficient (Wildman–Crippen LogP) is 1.63. The van der Waals surface area contributed by atoms with Crippen molar-refractivity contribution in [3.63, 3.8) is 0 Å². The Labute approximate surface area is 57.3 Å². The molecule has 0 heterocycles. The number of hydrogen-bond donors (Lipinski definition) is 1. The molecule has 2 nitrogen and oxygen atoms in total. The lowest BCUT2D eigenvalue weighted by Gasteiger charge is -2.02. The Morgan fingerprint density at radius 2 is 2.00 bits per heavy atom. The standard InChI is InChI=1S/C7H16N2/c1-6(2)5-8-9-7(3)4/h6,8H,5H2,1-4H3. The fraction of sp³-hybridized carbons (Fsp3) is 0.857. The maximum absolute atomic E-state index is 4.03. The zero-order valence-corrected chi connectivity index (χ0v) is 6.73. The highest BCUT2D eigenvalue weighted by atomic mass is 15.3. The van der Waals surface area contributed by atoms with E-state index in [0.29, 0.717) is 5.92 Å². The van der Waals surface area contributed by atoms with E-state index in [1.54, 1.807) is 0 Å². The summed E-state index contributed by atoms with van der Waals surface area (Å²) in [5, 5.41) is 4.03. The molecule has 0 aromatic heterocycles. The molecule has 0 bridgehead atoms. The minimum absolute atomic E-state index is 0.674. The minimum atomic E-state index is 0.674. The summed E-state index contributed by atoms with van der Waals surface area (Å²) in [5.74, 6) is 0.674. The van der Waals surface area contributed by atoms with Gasteiger partial charge < -0.3 is 5.43 Å². The summed E-state index contributed by atoms with van der Waals surface area (Å²) < 4.78 is 0. The van der Waals surface area contributed by atoms with E-state index >= 15 is 0 Å². The molecule has 0 radical (unpaired) electrons. The third-order valence-corrected chi connectivity index (χ3v) is 0.802. The molecule has 0 rings (SSSR count). The Hall–Kier alpha value is -0.530. The molecule has 2 heteroatoms. The molecule has 0 spiro atoms. The molecule has 0 saturated carbocycles. The van der Waals surface area contributed by atoms with Crippen molar-refractivity contribution in [3.05, 3.63) is 0 Å². The highest BCUT2D eigenvalue weighted by molar-refractivity contribution is 5.78. The normalized spacial score (nSPS) is 9.44. The monoisotopic (exact) mass is 128 g/mol. The molecule has 0 aromatic rings. The predicted molar refractivity (Wildman–Crippen MR) is 41.6 cm³/mol. The molecular weight excluding hydrogens is 112 g/mol. The molecule has 1 N–H and O–H groups in total. The van der Waals surface area contributed by atoms with E-state index in [-0.39, 0.29) is 0 Å². The lowest BCUT2D eigenvalue weighted by molar-refractivity contribution is 0.570. The van der Waals surface area contributed by atoms with E-state index in [1.165, 1.54) is 0 Å². The van der Waals surface area contributed by atoms with Gasteiger partial charge in [-0.3, -0.25) is 0 Å². The average Bonchev–Trinajstić information content (AvgIpc) is 1.63. The number of nitrogens with one attached hydrogen (secondary N) is 1. The summed E-state index contributed by atoms with van der Waals surface area (Å²) in [6.07, 6.45) is 0. The minimum Gasteiger partial charge on any atom is -0.310 e. The van der Waals surface area contributed by atoms with Crippen LogP contribution in [0.4, 0.5) is 0 Å². The summed E-state index contributed by atoms with van der Waals surface area (Å²) in [4.78, 5) is 0. The fourth-order valence-electron chi connectivity index (χ4n) is 0.386. The molecule has 0 aromatic carbocycles. The molecular formula is C7H16N2. The highest BCUT2D eigenvalue weighted by Gasteiger charge is 1.87. The van der Waals surface area contributed by atoms with Gasteiger partial charge in [0.05, 0.1) is 0 Å². The Morgan fingerprint density at radius 3 is 2.33 bits per heavy atom. The van der Waals surface area contributed by atoms with Crippen LogP contribution < -0.4 is 5.43 Å². The van der Waals surface area contributed by atoms with Crippen molar-refractivity contribution in [2.24, 2.45) is 11.0 Å². The van der Waals surface area contributed by atoms with Gasteiger partial charge in [0.25, 0.3) is 0 Å². The maximum Gasteiger partial charge on any atom is 0.0352 e. The smallest absolute Gasteiger partial charge is 0.0352 e. The van der Waals surface area contributed by atoms with Gasteiger partial charge in [-0.15, -0.1) is 0 Å². The van der Waals surface area contributed by atoms with Gasteiger partial charge in [-0.05, 0) is 19.8 Å². The number of nitrogens with zero attached hydrogens (tertiary/aromatic N) is 1. The van der Waals surface area contributed by atoms with Crippen LogP contribution in [0.1, 0.15) is 27.7 Å². The van der Waals surface area contributed by atoms with E-state index in [9.17, 15) is 0 Å². The molecule has 54 valence electrons. The third-order valence-electron chi connectivity index (χ3n) is 0.802. The van der Waals surface area contributed by atoms with Crippen LogP contribution in [0.25, 0.3) is 0 Å². The van der Waals surface area contributed by atoms with Crippen molar-refractivity contribution in [2.45, 2.75) is 27.7 Å². The summed E-state index contributed by atoms with van der Waals surface area (Å²) in [6, 6.07) is 0. The molecule has 0 aliphatic carbocycles. The van der Waals surface area contributed by atoms with Crippen LogP contribution in [0.5, 0.6) is 0 Å². The molecule has 0 fully saturated rings. The molecule has 0 atom stereocenters. The first-order valence-corrected chi connectivity index (χ1v) is 3.36. The van der Waals surface area contributed by atoms with Crippen molar-refractivity contribution in [1.29, 1.82) is 0 Å². The molecule has 0 unspecified atom stereocenters. The second-order valence-electron chi connectivity index (χ2n) is 2.82. The van der Waals surface area contributed by atoms with Crippen molar-refractivity contribution >= 4 is 5.71 Å². The summed E-state index contributed by atoms with van der Waals surface area (Å²) >= 11 is 0. The lowest BCUT2D eigenvalue weighted by atomic mass is 10.2. The van der Waals surface area contributed by atoms with Gasteiger partial charge in [0.2, 0.25) is 0 Å². The van der Waals surface area contributed by atoms with Gasteiger partial charge in [0.15, 0.2) is 0 Å². The lowest BCUT2D eigenvalue weighted by Crippen LogP contribution is -2.14. The number of hydrogen-bond acceptors (Lipinski definition) is 2. The van der Waals surface area contributed by atoms with Crippen molar-refractivity contribution in [1.82, 2.24) is 5.43 Å². The van der Waals surface area contributed by atoms with Gasteiger partial charge in [-0.25, -0.2) is 0 Å². The quantitative estimate of drug-likeness (QED) is 0.453. The van der Waals surface area contributed by atoms with Crippen LogP contribution in [0, 0.1) is 5.92 Å². The Morgan fingerprint density at radius 1 is 1.44 bits per heavy atom. The zero-order valence-electron chi connectivity index (χ0n) is 6.73. The van der Waals surface area contributed by atoms with Crippen LogP contribution in [-0.2, 0) is 0 Å². The van der Waals surface area contributed by atoms with Crippen molar-refractivity contribution in [2.75, 3.05) is 6.54 Å². The van der Waals surface area contributed by atoms with Crippen molar-refractivity contribution in [3.8, 4) is 0 Å². The summed E-state index contributed by atoms with van der Waals surface area (Å²) in [5.41, 5.74) is 4.05. The fourth-order valence-corrected chi connectivity index (χ4v) is 0.386. The molecule has 0 amide bonds. The van der Waals surface area contributed by atoms with Crippen LogP contribution >= 0.6 is 0 Å². The first-order valence-electron chi connectivity index (χ1n) is 3.36. The van der Waals surface area contributed by atoms with Crippen LogP contribution in [0.2, 0.25) is 0 Å². The van der Waals surface area contributed by atoms with Crippen LogP contribution in [0.3, 0.4) is 0 Å². The van der Waals surface area contributed by atoms with E-state index in [4.69, 9.17) is 0 Å². The van der Waals surface area contributed by atoms with Gasteiger partial charge in [0, 0.05) is 12.3 Å². The second-order valence-corrected chi connectivity index (χ2v) is 2.82. The zero-order chi connectivity index (χ0) is 7.28. The Kier molecular flexibility index (Phi) is 4.10. The topological polar surface area (TPSA) is 24.4 Å². The Bertz CT molecular complexity index is 91.1. The second kappa shape index (κ2) is 4.36. The molecule has 9 heavy (non-hydrogen) atoms. The maximum atomic E-state index is 4.03. The van der Waals surface area contributed by atoms with Gasteiger partial charge in [-0.2, -0.15) is 5.10 Å².